The van der Waals surface area contributed by atoms with Crippen molar-refractivity contribution in [3.05, 3.63) is 46.7 Å². The third-order valence-electron chi connectivity index (χ3n) is 4.25. The summed E-state index contributed by atoms with van der Waals surface area (Å²) >= 11 is 0.943. The Morgan fingerprint density at radius 2 is 1.83 bits per heavy atom. The first-order chi connectivity index (χ1) is 14.0. The number of nitrogen functional groups attached to an aromatic ring is 1. The van der Waals surface area contributed by atoms with Crippen LogP contribution in [0.2, 0.25) is 0 Å². The van der Waals surface area contributed by atoms with E-state index in [1.165, 1.54) is 29.2 Å². The van der Waals surface area contributed by atoms with Crippen LogP contribution in [0.3, 0.4) is 0 Å². The van der Waals surface area contributed by atoms with E-state index in [1.54, 1.807) is 6.92 Å². The van der Waals surface area contributed by atoms with Crippen molar-refractivity contribution < 1.29 is 18.5 Å². The molecule has 11 heteroatoms. The Hall–Kier alpha value is -3.34. The minimum Gasteiger partial charge on any atom is -0.382 e. The highest BCUT2D eigenvalue weighted by Gasteiger charge is 2.30. The second-order valence-electron chi connectivity index (χ2n) is 7.64. The van der Waals surface area contributed by atoms with Gasteiger partial charge in [-0.2, -0.15) is 4.98 Å². The van der Waals surface area contributed by atoms with Gasteiger partial charge in [0.2, 0.25) is 5.91 Å². The monoisotopic (exact) mass is 432 g/mol. The van der Waals surface area contributed by atoms with Crippen LogP contribution in [-0.4, -0.2) is 32.9 Å². The zero-order valence-corrected chi connectivity index (χ0v) is 17.7. The number of ketones is 1. The molecule has 0 fully saturated rings. The molecule has 0 bridgehead atoms. The first-order valence-corrected chi connectivity index (χ1v) is 9.80. The van der Waals surface area contributed by atoms with E-state index in [0.717, 1.165) is 11.3 Å². The van der Waals surface area contributed by atoms with Crippen molar-refractivity contribution in [1.82, 2.24) is 15.1 Å². The maximum Gasteiger partial charge on any atom is 0.300 e. The molecule has 158 valence electrons. The predicted molar refractivity (Wildman–Crippen MR) is 110 cm³/mol. The largest absolute Gasteiger partial charge is 0.382 e. The third-order valence-corrected chi connectivity index (χ3v) is 5.32. The minimum absolute atomic E-state index is 0.0562. The Morgan fingerprint density at radius 1 is 1.20 bits per heavy atom. The van der Waals surface area contributed by atoms with E-state index in [4.69, 9.17) is 16.0 Å². The summed E-state index contributed by atoms with van der Waals surface area (Å²) in [6, 6.07) is 4.60. The summed E-state index contributed by atoms with van der Waals surface area (Å²) in [6.07, 6.45) is 0. The van der Waals surface area contributed by atoms with E-state index in [2.05, 4.69) is 15.1 Å². The van der Waals surface area contributed by atoms with E-state index in [0.29, 0.717) is 11.5 Å². The van der Waals surface area contributed by atoms with Crippen LogP contribution in [-0.2, 0) is 10.2 Å². The summed E-state index contributed by atoms with van der Waals surface area (Å²) < 4.78 is 18.4. The maximum absolute atomic E-state index is 13.3. The van der Waals surface area contributed by atoms with E-state index in [9.17, 15) is 14.0 Å². The Balaban J connectivity index is 2.01. The van der Waals surface area contributed by atoms with Crippen LogP contribution >= 0.6 is 11.3 Å². The minimum atomic E-state index is -0.833. The van der Waals surface area contributed by atoms with Crippen LogP contribution in [0.4, 0.5) is 21.0 Å². The van der Waals surface area contributed by atoms with Crippen LogP contribution < -0.4 is 16.4 Å². The molecule has 1 aromatic carbocycles. The van der Waals surface area contributed by atoms with Crippen LogP contribution in [0.25, 0.3) is 0 Å². The molecule has 4 N–H and O–H groups in total. The number of aromatic nitrogens is 3. The summed E-state index contributed by atoms with van der Waals surface area (Å²) in [6.45, 7) is 7.23. The Labute approximate surface area is 175 Å². The molecule has 3 rings (SSSR count). The number of nitrogens with two attached hydrogens (primary N) is 2. The average molecular weight is 432 g/mol. The first kappa shape index (κ1) is 21.4. The first-order valence-electron chi connectivity index (χ1n) is 8.98. The second kappa shape index (κ2) is 7.82. The average Bonchev–Trinajstić information content (AvgIpc) is 3.30. The Kier molecular flexibility index (Phi) is 5.57. The van der Waals surface area contributed by atoms with Gasteiger partial charge in [-0.05, 0) is 31.2 Å². The number of amides is 1. The molecule has 0 radical (unpaired) electrons. The van der Waals surface area contributed by atoms with Crippen molar-refractivity contribution in [2.24, 2.45) is 5.73 Å². The number of carbonyl (C=O) groups is 2. The molecule has 2 aromatic heterocycles. The molecule has 0 unspecified atom stereocenters. The molecule has 0 aliphatic heterocycles. The zero-order valence-electron chi connectivity index (χ0n) is 16.8. The van der Waals surface area contributed by atoms with Gasteiger partial charge in [-0.15, -0.1) is 0 Å². The van der Waals surface area contributed by atoms with Crippen LogP contribution in [0.15, 0.2) is 28.8 Å². The van der Waals surface area contributed by atoms with Crippen molar-refractivity contribution in [2.75, 3.05) is 10.6 Å². The van der Waals surface area contributed by atoms with E-state index >= 15 is 0 Å². The molecule has 30 heavy (non-hydrogen) atoms. The third kappa shape index (κ3) is 4.15. The van der Waals surface area contributed by atoms with Crippen molar-refractivity contribution in [2.45, 2.75) is 39.2 Å². The van der Waals surface area contributed by atoms with Gasteiger partial charge < -0.3 is 20.9 Å². The number of benzene rings is 1. The summed E-state index contributed by atoms with van der Waals surface area (Å²) in [5, 5.41) is 4.08. The SMILES string of the molecule is C[C@H](C(N)=O)N(c1ccc(F)cc1)c1nc(N)c(C(=O)c2nc(C(C)(C)C)no2)s1. The summed E-state index contributed by atoms with van der Waals surface area (Å²) in [4.78, 5) is 34.7. The summed E-state index contributed by atoms with van der Waals surface area (Å²) in [5.41, 5.74) is 11.5. The van der Waals surface area contributed by atoms with Crippen LogP contribution in [0.1, 0.15) is 49.1 Å². The van der Waals surface area contributed by atoms with Gasteiger partial charge >= 0.3 is 0 Å². The number of rotatable bonds is 6. The predicted octanol–water partition coefficient (Wildman–Crippen LogP) is 2.79. The van der Waals surface area contributed by atoms with Crippen LogP contribution in [0.5, 0.6) is 0 Å². The lowest BCUT2D eigenvalue weighted by molar-refractivity contribution is -0.118. The van der Waals surface area contributed by atoms with Gasteiger partial charge in [0.1, 0.15) is 22.6 Å². The molecule has 1 atom stereocenters. The highest BCUT2D eigenvalue weighted by molar-refractivity contribution is 7.18. The van der Waals surface area contributed by atoms with Crippen LogP contribution in [0, 0.1) is 5.82 Å². The maximum atomic E-state index is 13.3. The number of hydrogen-bond donors (Lipinski definition) is 2. The number of nitrogens with zero attached hydrogens (tertiary/aromatic N) is 4. The molecule has 1 amide bonds. The number of carbonyl (C=O) groups excluding carboxylic acids is 2. The van der Waals surface area contributed by atoms with Gasteiger partial charge in [0.15, 0.2) is 11.0 Å². The lowest BCUT2D eigenvalue weighted by Gasteiger charge is -2.26. The van der Waals surface area contributed by atoms with Gasteiger partial charge in [0.25, 0.3) is 11.7 Å². The van der Waals surface area contributed by atoms with Gasteiger partial charge in [0, 0.05) is 11.1 Å². The van der Waals surface area contributed by atoms with E-state index in [-0.39, 0.29) is 21.7 Å². The molecule has 2 heterocycles. The van der Waals surface area contributed by atoms with Gasteiger partial charge in [-0.25, -0.2) is 9.37 Å². The molecule has 0 aliphatic rings. The highest BCUT2D eigenvalue weighted by atomic mass is 32.1. The number of hydrogen-bond acceptors (Lipinski definition) is 9. The molecule has 0 saturated heterocycles. The zero-order chi connectivity index (χ0) is 22.2. The van der Waals surface area contributed by atoms with Crippen molar-refractivity contribution in [1.29, 1.82) is 0 Å². The number of anilines is 3. The fourth-order valence-corrected chi connectivity index (χ4v) is 3.55. The quantitative estimate of drug-likeness (QED) is 0.566. The van der Waals surface area contributed by atoms with Gasteiger partial charge in [-0.3, -0.25) is 9.59 Å². The van der Waals surface area contributed by atoms with Crippen molar-refractivity contribution >= 4 is 39.7 Å². The molecule has 0 aliphatic carbocycles. The summed E-state index contributed by atoms with van der Waals surface area (Å²) in [5.74, 6) is -1.54. The van der Waals surface area contributed by atoms with E-state index < -0.39 is 29.0 Å². The number of primary amides is 1. The topological polar surface area (TPSA) is 141 Å². The van der Waals surface area contributed by atoms with Gasteiger partial charge in [-0.1, -0.05) is 37.3 Å². The van der Waals surface area contributed by atoms with E-state index in [1.807, 2.05) is 20.8 Å². The Bertz CT molecular complexity index is 1090. The molecular formula is C19H21FN6O3S. The van der Waals surface area contributed by atoms with Crippen molar-refractivity contribution in [3.63, 3.8) is 0 Å². The van der Waals surface area contributed by atoms with Gasteiger partial charge in [0.05, 0.1) is 0 Å². The molecule has 9 nitrogen and oxygen atoms in total. The van der Waals surface area contributed by atoms with Crippen molar-refractivity contribution in [3.8, 4) is 0 Å². The Morgan fingerprint density at radius 3 is 2.37 bits per heavy atom. The molecule has 0 saturated carbocycles. The molecule has 3 aromatic rings. The summed E-state index contributed by atoms with van der Waals surface area (Å²) in [7, 11) is 0. The standard InChI is InChI=1S/C19H21FN6O3S/c1-9(15(22)28)26(11-7-5-10(20)6-8-11)18-23-14(21)13(30-18)12(27)16-24-17(25-29-16)19(2,3)4/h5-9H,21H2,1-4H3,(H2,22,28)/t9-/m1/s1. The lowest BCUT2D eigenvalue weighted by Crippen LogP contribution is -2.39. The number of halogens is 1. The number of thiazole rings is 1. The second-order valence-corrected chi connectivity index (χ2v) is 8.62. The smallest absolute Gasteiger partial charge is 0.300 e. The fourth-order valence-electron chi connectivity index (χ4n) is 2.53. The molecular weight excluding hydrogens is 411 g/mol. The normalized spacial score (nSPS) is 12.6. The lowest BCUT2D eigenvalue weighted by atomic mass is 9.96. The fraction of sp³-hybridized carbons (Fsp3) is 0.316. The highest BCUT2D eigenvalue weighted by Crippen LogP contribution is 2.36. The molecule has 0 spiro atoms.